The van der Waals surface area contributed by atoms with Gasteiger partial charge in [0.1, 0.15) is 0 Å². The van der Waals surface area contributed by atoms with Crippen molar-refractivity contribution in [2.24, 2.45) is 5.92 Å². The molecule has 114 valence electrons. The molecule has 2 rings (SSSR count). The smallest absolute Gasteiger partial charge is 0.326 e. The number of hydrogen-bond acceptors (Lipinski definition) is 2. The zero-order valence-electron chi connectivity index (χ0n) is 11.6. The lowest BCUT2D eigenvalue weighted by molar-refractivity contribution is -0.137. The van der Waals surface area contributed by atoms with Crippen LogP contribution in [0, 0.1) is 5.92 Å². The SMILES string of the molecule is CC(C)Cn1ccnc1Nc1ccc(Cl)c(C(F)(F)F)c1. The summed E-state index contributed by atoms with van der Waals surface area (Å²) in [6.45, 7) is 4.82. The number of aromatic nitrogens is 2. The van der Waals surface area contributed by atoms with Crippen LogP contribution >= 0.6 is 11.6 Å². The Kier molecular flexibility index (Phi) is 4.46. The van der Waals surface area contributed by atoms with Crippen molar-refractivity contribution in [3.8, 4) is 0 Å². The Morgan fingerprint density at radius 1 is 1.33 bits per heavy atom. The molecule has 1 aromatic heterocycles. The second-order valence-electron chi connectivity index (χ2n) is 5.11. The van der Waals surface area contributed by atoms with E-state index in [2.05, 4.69) is 10.3 Å². The van der Waals surface area contributed by atoms with Gasteiger partial charge in [0.2, 0.25) is 5.95 Å². The predicted molar refractivity (Wildman–Crippen MR) is 76.8 cm³/mol. The molecule has 0 atom stereocenters. The molecule has 0 radical (unpaired) electrons. The van der Waals surface area contributed by atoms with Crippen molar-refractivity contribution in [2.75, 3.05) is 5.32 Å². The van der Waals surface area contributed by atoms with Crippen molar-refractivity contribution < 1.29 is 13.2 Å². The van der Waals surface area contributed by atoms with Crippen LogP contribution in [0.2, 0.25) is 5.02 Å². The Balaban J connectivity index is 2.27. The van der Waals surface area contributed by atoms with Crippen molar-refractivity contribution >= 4 is 23.2 Å². The van der Waals surface area contributed by atoms with Crippen LogP contribution in [-0.2, 0) is 12.7 Å². The number of anilines is 2. The second-order valence-corrected chi connectivity index (χ2v) is 5.52. The van der Waals surface area contributed by atoms with E-state index >= 15 is 0 Å². The van der Waals surface area contributed by atoms with Crippen molar-refractivity contribution in [3.63, 3.8) is 0 Å². The van der Waals surface area contributed by atoms with E-state index in [1.165, 1.54) is 12.1 Å². The molecule has 7 heteroatoms. The van der Waals surface area contributed by atoms with Gasteiger partial charge in [0, 0.05) is 24.6 Å². The van der Waals surface area contributed by atoms with Gasteiger partial charge in [0.15, 0.2) is 0 Å². The number of rotatable bonds is 4. The largest absolute Gasteiger partial charge is 0.417 e. The van der Waals surface area contributed by atoms with Gasteiger partial charge in [-0.1, -0.05) is 25.4 Å². The van der Waals surface area contributed by atoms with Gasteiger partial charge < -0.3 is 9.88 Å². The molecule has 0 saturated heterocycles. The highest BCUT2D eigenvalue weighted by atomic mass is 35.5. The Hall–Kier alpha value is -1.69. The molecule has 0 bridgehead atoms. The average Bonchev–Trinajstić information content (AvgIpc) is 2.77. The maximum absolute atomic E-state index is 12.8. The summed E-state index contributed by atoms with van der Waals surface area (Å²) in [5, 5.41) is 2.57. The van der Waals surface area contributed by atoms with E-state index in [1.807, 2.05) is 18.4 Å². The molecule has 21 heavy (non-hydrogen) atoms. The van der Waals surface area contributed by atoms with E-state index in [0.29, 0.717) is 17.6 Å². The molecular weight excluding hydrogens is 303 g/mol. The third-order valence-corrected chi connectivity index (χ3v) is 3.13. The third kappa shape index (κ3) is 3.91. The van der Waals surface area contributed by atoms with Gasteiger partial charge in [-0.25, -0.2) is 4.98 Å². The van der Waals surface area contributed by atoms with E-state index in [4.69, 9.17) is 11.6 Å². The quantitative estimate of drug-likeness (QED) is 0.864. The molecule has 0 aliphatic heterocycles. The molecule has 1 N–H and O–H groups in total. The number of nitrogens with zero attached hydrogens (tertiary/aromatic N) is 2. The summed E-state index contributed by atoms with van der Waals surface area (Å²) in [5.41, 5.74) is -0.570. The van der Waals surface area contributed by atoms with E-state index in [9.17, 15) is 13.2 Å². The number of nitrogens with one attached hydrogen (secondary N) is 1. The lowest BCUT2D eigenvalue weighted by Gasteiger charge is -2.14. The molecule has 2 aromatic rings. The molecule has 0 spiro atoms. The summed E-state index contributed by atoms with van der Waals surface area (Å²) >= 11 is 5.59. The first-order valence-electron chi connectivity index (χ1n) is 6.42. The number of alkyl halides is 3. The Morgan fingerprint density at radius 3 is 2.67 bits per heavy atom. The van der Waals surface area contributed by atoms with Gasteiger partial charge in [0.25, 0.3) is 0 Å². The van der Waals surface area contributed by atoms with Crippen LogP contribution in [0.15, 0.2) is 30.6 Å². The summed E-state index contributed by atoms with van der Waals surface area (Å²) in [6.07, 6.45) is -1.10. The van der Waals surface area contributed by atoms with Crippen LogP contribution in [0.4, 0.5) is 24.8 Å². The molecule has 0 saturated carbocycles. The lowest BCUT2D eigenvalue weighted by Crippen LogP contribution is -2.09. The number of hydrogen-bond donors (Lipinski definition) is 1. The van der Waals surface area contributed by atoms with Gasteiger partial charge >= 0.3 is 6.18 Å². The predicted octanol–water partition coefficient (Wildman–Crippen LogP) is 4.95. The molecule has 0 unspecified atom stereocenters. The van der Waals surface area contributed by atoms with Crippen molar-refractivity contribution in [3.05, 3.63) is 41.2 Å². The Bertz CT molecular complexity index is 620. The topological polar surface area (TPSA) is 29.9 Å². The van der Waals surface area contributed by atoms with E-state index in [0.717, 1.165) is 12.6 Å². The zero-order valence-corrected chi connectivity index (χ0v) is 12.3. The maximum atomic E-state index is 12.8. The van der Waals surface area contributed by atoms with Gasteiger partial charge in [-0.2, -0.15) is 13.2 Å². The van der Waals surface area contributed by atoms with E-state index in [-0.39, 0.29) is 5.02 Å². The monoisotopic (exact) mass is 317 g/mol. The summed E-state index contributed by atoms with van der Waals surface area (Å²) in [5.74, 6) is 0.898. The molecule has 0 aliphatic carbocycles. The lowest BCUT2D eigenvalue weighted by atomic mass is 10.2. The highest BCUT2D eigenvalue weighted by molar-refractivity contribution is 6.31. The fourth-order valence-corrected chi connectivity index (χ4v) is 2.15. The normalized spacial score (nSPS) is 12.0. The van der Waals surface area contributed by atoms with Crippen molar-refractivity contribution in [2.45, 2.75) is 26.6 Å². The first kappa shape index (κ1) is 15.7. The molecule has 0 aliphatic rings. The first-order valence-corrected chi connectivity index (χ1v) is 6.80. The average molecular weight is 318 g/mol. The fourth-order valence-electron chi connectivity index (χ4n) is 1.92. The summed E-state index contributed by atoms with van der Waals surface area (Å²) < 4.78 is 40.3. The minimum atomic E-state index is -4.48. The molecule has 3 nitrogen and oxygen atoms in total. The van der Waals surface area contributed by atoms with Crippen LogP contribution in [0.5, 0.6) is 0 Å². The second kappa shape index (κ2) is 5.97. The number of imidazole rings is 1. The van der Waals surface area contributed by atoms with Gasteiger partial charge in [-0.3, -0.25) is 0 Å². The number of benzene rings is 1. The van der Waals surface area contributed by atoms with Gasteiger partial charge in [-0.05, 0) is 24.1 Å². The van der Waals surface area contributed by atoms with Crippen LogP contribution in [0.1, 0.15) is 19.4 Å². The summed E-state index contributed by atoms with van der Waals surface area (Å²) in [4.78, 5) is 4.12. The maximum Gasteiger partial charge on any atom is 0.417 e. The molecular formula is C14H15ClF3N3. The molecule has 1 aromatic carbocycles. The first-order chi connectivity index (χ1) is 9.77. The minimum absolute atomic E-state index is 0.294. The van der Waals surface area contributed by atoms with E-state index < -0.39 is 11.7 Å². The molecule has 1 heterocycles. The van der Waals surface area contributed by atoms with Gasteiger partial charge in [0.05, 0.1) is 10.6 Å². The van der Waals surface area contributed by atoms with Crippen molar-refractivity contribution in [1.82, 2.24) is 9.55 Å². The highest BCUT2D eigenvalue weighted by Gasteiger charge is 2.33. The van der Waals surface area contributed by atoms with Crippen LogP contribution in [0.25, 0.3) is 0 Å². The summed E-state index contributed by atoms with van der Waals surface area (Å²) in [6, 6.07) is 3.70. The third-order valence-electron chi connectivity index (χ3n) is 2.81. The number of halogens is 4. The standard InChI is InChI=1S/C14H15ClF3N3/c1-9(2)8-21-6-5-19-13(21)20-10-3-4-12(15)11(7-10)14(16,17)18/h3-7,9H,8H2,1-2H3,(H,19,20). The van der Waals surface area contributed by atoms with Crippen LogP contribution in [-0.4, -0.2) is 9.55 Å². The van der Waals surface area contributed by atoms with E-state index in [1.54, 1.807) is 12.4 Å². The Labute approximate surface area is 125 Å². The highest BCUT2D eigenvalue weighted by Crippen LogP contribution is 2.36. The molecule has 0 fully saturated rings. The van der Waals surface area contributed by atoms with Crippen LogP contribution < -0.4 is 5.32 Å². The molecule has 0 amide bonds. The van der Waals surface area contributed by atoms with Crippen LogP contribution in [0.3, 0.4) is 0 Å². The fraction of sp³-hybridized carbons (Fsp3) is 0.357. The van der Waals surface area contributed by atoms with Gasteiger partial charge in [-0.15, -0.1) is 0 Å². The minimum Gasteiger partial charge on any atom is -0.326 e. The zero-order chi connectivity index (χ0) is 15.6. The van der Waals surface area contributed by atoms with Crippen molar-refractivity contribution in [1.29, 1.82) is 0 Å². The Morgan fingerprint density at radius 2 is 2.05 bits per heavy atom. The summed E-state index contributed by atoms with van der Waals surface area (Å²) in [7, 11) is 0.